The Kier molecular flexibility index (Phi) is 4.86. The van der Waals surface area contributed by atoms with Gasteiger partial charge in [-0.1, -0.05) is 43.3 Å². The fraction of sp³-hybridized carbons (Fsp3) is 0.250. The Hall–Kier alpha value is -3.14. The Morgan fingerprint density at radius 2 is 1.86 bits per heavy atom. The molecule has 0 saturated carbocycles. The monoisotopic (exact) mass is 370 g/mol. The van der Waals surface area contributed by atoms with Crippen LogP contribution < -0.4 is 5.32 Å². The van der Waals surface area contributed by atoms with Crippen molar-refractivity contribution in [2.45, 2.75) is 33.2 Å². The molecule has 0 spiro atoms. The van der Waals surface area contributed by atoms with Gasteiger partial charge >= 0.3 is 0 Å². The first kappa shape index (κ1) is 18.2. The van der Waals surface area contributed by atoms with Crippen LogP contribution in [0.5, 0.6) is 0 Å². The van der Waals surface area contributed by atoms with Gasteiger partial charge in [-0.25, -0.2) is 9.97 Å². The normalized spacial score (nSPS) is 12.3. The molecule has 2 heterocycles. The van der Waals surface area contributed by atoms with Gasteiger partial charge in [-0.15, -0.1) is 0 Å². The first-order valence-corrected chi connectivity index (χ1v) is 9.80. The number of anilines is 1. The van der Waals surface area contributed by atoms with Crippen molar-refractivity contribution in [3.05, 3.63) is 77.7 Å². The molecule has 2 aromatic heterocycles. The second-order valence-electron chi connectivity index (χ2n) is 7.30. The van der Waals surface area contributed by atoms with E-state index in [4.69, 9.17) is 0 Å². The summed E-state index contributed by atoms with van der Waals surface area (Å²) in [5.41, 5.74) is 5.92. The molecule has 0 aliphatic carbocycles. The highest BCUT2D eigenvalue weighted by atomic mass is 15.0. The third-order valence-corrected chi connectivity index (χ3v) is 5.29. The Morgan fingerprint density at radius 3 is 2.68 bits per heavy atom. The number of hydrogen-bond donors (Lipinski definition) is 1. The predicted octanol–water partition coefficient (Wildman–Crippen LogP) is 5.68. The number of aryl methyl sites for hydroxylation is 3. The van der Waals surface area contributed by atoms with Crippen molar-refractivity contribution in [1.29, 1.82) is 0 Å². The summed E-state index contributed by atoms with van der Waals surface area (Å²) in [5.74, 6) is 1.62. The van der Waals surface area contributed by atoms with E-state index in [1.807, 2.05) is 13.0 Å². The highest BCUT2D eigenvalue weighted by molar-refractivity contribution is 5.85. The molecule has 4 nitrogen and oxygen atoms in total. The smallest absolute Gasteiger partial charge is 0.130 e. The van der Waals surface area contributed by atoms with E-state index >= 15 is 0 Å². The standard InChI is InChI=1S/C24H26N4/c1-5-18-8-6-7-9-21(18)16(2)25-24-15-22(26-17(3)27-24)20-11-10-19-12-13-28(4)23(19)14-20/h6-16H,5H2,1-4H3,(H,25,26,27). The first-order chi connectivity index (χ1) is 13.5. The van der Waals surface area contributed by atoms with Crippen LogP contribution in [-0.2, 0) is 13.5 Å². The zero-order chi connectivity index (χ0) is 19.7. The topological polar surface area (TPSA) is 42.7 Å². The lowest BCUT2D eigenvalue weighted by atomic mass is 9.99. The van der Waals surface area contributed by atoms with Crippen LogP contribution in [-0.4, -0.2) is 14.5 Å². The van der Waals surface area contributed by atoms with Crippen molar-refractivity contribution in [2.75, 3.05) is 5.32 Å². The minimum Gasteiger partial charge on any atom is -0.363 e. The molecule has 0 radical (unpaired) electrons. The average molecular weight is 371 g/mol. The van der Waals surface area contributed by atoms with Gasteiger partial charge in [0.1, 0.15) is 11.6 Å². The van der Waals surface area contributed by atoms with Crippen LogP contribution in [0.3, 0.4) is 0 Å². The molecule has 2 aromatic carbocycles. The SMILES string of the molecule is CCc1ccccc1C(C)Nc1cc(-c2ccc3ccn(C)c3c2)nc(C)n1. The van der Waals surface area contributed by atoms with Crippen LogP contribution in [0.15, 0.2) is 60.8 Å². The van der Waals surface area contributed by atoms with E-state index in [2.05, 4.69) is 95.5 Å². The summed E-state index contributed by atoms with van der Waals surface area (Å²) in [6, 6.07) is 19.4. The lowest BCUT2D eigenvalue weighted by molar-refractivity contribution is 0.847. The van der Waals surface area contributed by atoms with Crippen molar-refractivity contribution in [3.8, 4) is 11.3 Å². The molecule has 1 N–H and O–H groups in total. The number of rotatable bonds is 5. The third kappa shape index (κ3) is 3.50. The van der Waals surface area contributed by atoms with Crippen LogP contribution >= 0.6 is 0 Å². The molecule has 0 bridgehead atoms. The summed E-state index contributed by atoms with van der Waals surface area (Å²) in [4.78, 5) is 9.30. The summed E-state index contributed by atoms with van der Waals surface area (Å²) in [6.45, 7) is 6.32. The molecule has 0 amide bonds. The Balaban J connectivity index is 1.67. The van der Waals surface area contributed by atoms with Gasteiger partial charge in [-0.2, -0.15) is 0 Å². The average Bonchev–Trinajstić information content (AvgIpc) is 3.07. The van der Waals surface area contributed by atoms with Crippen molar-refractivity contribution in [3.63, 3.8) is 0 Å². The number of fused-ring (bicyclic) bond motifs is 1. The molecule has 4 rings (SSSR count). The maximum absolute atomic E-state index is 4.68. The number of aromatic nitrogens is 3. The van der Waals surface area contributed by atoms with E-state index < -0.39 is 0 Å². The highest BCUT2D eigenvalue weighted by Gasteiger charge is 2.12. The summed E-state index contributed by atoms with van der Waals surface area (Å²) in [5, 5.41) is 4.81. The fourth-order valence-electron chi connectivity index (χ4n) is 3.79. The minimum atomic E-state index is 0.175. The molecule has 28 heavy (non-hydrogen) atoms. The highest BCUT2D eigenvalue weighted by Crippen LogP contribution is 2.27. The van der Waals surface area contributed by atoms with E-state index in [0.29, 0.717) is 0 Å². The van der Waals surface area contributed by atoms with E-state index in [1.165, 1.54) is 22.0 Å². The van der Waals surface area contributed by atoms with Gasteiger partial charge in [0.05, 0.1) is 11.7 Å². The Bertz CT molecular complexity index is 1130. The molecule has 1 atom stereocenters. The van der Waals surface area contributed by atoms with Gasteiger partial charge in [0, 0.05) is 30.4 Å². The van der Waals surface area contributed by atoms with Crippen molar-refractivity contribution in [1.82, 2.24) is 14.5 Å². The molecule has 0 fully saturated rings. The van der Waals surface area contributed by atoms with Gasteiger partial charge in [-0.05, 0) is 48.9 Å². The Morgan fingerprint density at radius 1 is 1.04 bits per heavy atom. The molecule has 0 saturated heterocycles. The largest absolute Gasteiger partial charge is 0.363 e. The lowest BCUT2D eigenvalue weighted by Crippen LogP contribution is -2.11. The molecule has 0 aliphatic heterocycles. The van der Waals surface area contributed by atoms with Crippen LogP contribution in [0.2, 0.25) is 0 Å². The summed E-state index contributed by atoms with van der Waals surface area (Å²) in [6.07, 6.45) is 3.10. The molecular weight excluding hydrogens is 344 g/mol. The zero-order valence-electron chi connectivity index (χ0n) is 16.9. The molecule has 4 heteroatoms. The second-order valence-corrected chi connectivity index (χ2v) is 7.30. The molecular formula is C24H26N4. The molecule has 142 valence electrons. The first-order valence-electron chi connectivity index (χ1n) is 9.80. The van der Waals surface area contributed by atoms with Gasteiger partial charge in [-0.3, -0.25) is 0 Å². The molecule has 1 unspecified atom stereocenters. The third-order valence-electron chi connectivity index (χ3n) is 5.29. The predicted molar refractivity (Wildman–Crippen MR) is 117 cm³/mol. The molecule has 0 aliphatic rings. The fourth-order valence-corrected chi connectivity index (χ4v) is 3.79. The molecule has 4 aromatic rings. The van der Waals surface area contributed by atoms with E-state index in [1.54, 1.807) is 0 Å². The second kappa shape index (κ2) is 7.47. The van der Waals surface area contributed by atoms with Crippen LogP contribution in [0.1, 0.15) is 36.8 Å². The van der Waals surface area contributed by atoms with E-state index in [9.17, 15) is 0 Å². The zero-order valence-corrected chi connectivity index (χ0v) is 16.9. The van der Waals surface area contributed by atoms with Crippen molar-refractivity contribution in [2.24, 2.45) is 7.05 Å². The van der Waals surface area contributed by atoms with Gasteiger partial charge in [0.15, 0.2) is 0 Å². The summed E-state index contributed by atoms with van der Waals surface area (Å²) < 4.78 is 2.13. The van der Waals surface area contributed by atoms with Gasteiger partial charge < -0.3 is 9.88 Å². The van der Waals surface area contributed by atoms with Crippen LogP contribution in [0.4, 0.5) is 5.82 Å². The summed E-state index contributed by atoms with van der Waals surface area (Å²) in [7, 11) is 2.07. The van der Waals surface area contributed by atoms with Crippen LogP contribution in [0, 0.1) is 6.92 Å². The maximum atomic E-state index is 4.68. The lowest BCUT2D eigenvalue weighted by Gasteiger charge is -2.19. The van der Waals surface area contributed by atoms with Crippen molar-refractivity contribution >= 4 is 16.7 Å². The summed E-state index contributed by atoms with van der Waals surface area (Å²) >= 11 is 0. The Labute approximate surface area is 166 Å². The number of benzene rings is 2. The van der Waals surface area contributed by atoms with E-state index in [0.717, 1.165) is 29.3 Å². The maximum Gasteiger partial charge on any atom is 0.130 e. The number of nitrogens with zero attached hydrogens (tertiary/aromatic N) is 3. The van der Waals surface area contributed by atoms with Crippen LogP contribution in [0.25, 0.3) is 22.2 Å². The van der Waals surface area contributed by atoms with Crippen molar-refractivity contribution < 1.29 is 0 Å². The number of nitrogens with one attached hydrogen (secondary N) is 1. The minimum absolute atomic E-state index is 0.175. The van der Waals surface area contributed by atoms with E-state index in [-0.39, 0.29) is 6.04 Å². The van der Waals surface area contributed by atoms with Gasteiger partial charge in [0.25, 0.3) is 0 Å². The quantitative estimate of drug-likeness (QED) is 0.491. The number of hydrogen-bond acceptors (Lipinski definition) is 3. The van der Waals surface area contributed by atoms with Gasteiger partial charge in [0.2, 0.25) is 0 Å².